The summed E-state index contributed by atoms with van der Waals surface area (Å²) in [5.41, 5.74) is 8.39. The quantitative estimate of drug-likeness (QED) is 0.618. The predicted octanol–water partition coefficient (Wildman–Crippen LogP) is 0.202. The van der Waals surface area contributed by atoms with Gasteiger partial charge in [-0.15, -0.1) is 11.3 Å². The van der Waals surface area contributed by atoms with Crippen LogP contribution in [0.15, 0.2) is 5.51 Å². The number of hydrogen-bond donors (Lipinski definition) is 1. The molecular formula is C6H11BN2S. The number of nitrogens with zero attached hydrogens (tertiary/aromatic N) is 1. The molecule has 10 heavy (non-hydrogen) atoms. The molecule has 0 amide bonds. The molecule has 0 bridgehead atoms. The molecule has 1 aromatic heterocycles. The molecule has 0 aliphatic carbocycles. The smallest absolute Gasteiger partial charge is 0.258 e. The van der Waals surface area contributed by atoms with Gasteiger partial charge < -0.3 is 5.64 Å². The Kier molecular flexibility index (Phi) is 2.46. The second-order valence-electron chi connectivity index (χ2n) is 2.52. The highest BCUT2D eigenvalue weighted by Gasteiger charge is 2.07. The lowest BCUT2D eigenvalue weighted by molar-refractivity contribution is 0.892. The van der Waals surface area contributed by atoms with E-state index in [0.29, 0.717) is 13.3 Å². The topological polar surface area (TPSA) is 38.9 Å². The van der Waals surface area contributed by atoms with E-state index in [1.165, 1.54) is 4.88 Å². The second-order valence-corrected chi connectivity index (χ2v) is 3.41. The van der Waals surface area contributed by atoms with E-state index in [1.807, 2.05) is 5.51 Å². The van der Waals surface area contributed by atoms with Crippen molar-refractivity contribution in [3.05, 3.63) is 10.4 Å². The fourth-order valence-electron chi connectivity index (χ4n) is 0.901. The molecule has 54 valence electrons. The fraction of sp³-hybridized carbons (Fsp3) is 0.500. The van der Waals surface area contributed by atoms with Crippen LogP contribution in [0.4, 0.5) is 0 Å². The van der Waals surface area contributed by atoms with E-state index in [9.17, 15) is 0 Å². The summed E-state index contributed by atoms with van der Waals surface area (Å²) in [6.45, 7) is 4.32. The van der Waals surface area contributed by atoms with Crippen LogP contribution in [0.2, 0.25) is 0 Å². The van der Waals surface area contributed by atoms with E-state index in [-0.39, 0.29) is 0 Å². The van der Waals surface area contributed by atoms with Crippen molar-refractivity contribution in [1.29, 1.82) is 0 Å². The lowest BCUT2D eigenvalue weighted by atomic mass is 9.88. The lowest BCUT2D eigenvalue weighted by Crippen LogP contribution is -2.27. The molecule has 0 fully saturated rings. The molecule has 1 rings (SSSR count). The van der Waals surface area contributed by atoms with Crippen LogP contribution in [0.25, 0.3) is 0 Å². The third-order valence-electron chi connectivity index (χ3n) is 1.39. The minimum Gasteiger partial charge on any atom is -0.367 e. The number of aromatic nitrogens is 1. The van der Waals surface area contributed by atoms with Gasteiger partial charge in [-0.1, -0.05) is 13.8 Å². The van der Waals surface area contributed by atoms with Crippen LogP contribution in [0, 0.1) is 0 Å². The highest BCUT2D eigenvalue weighted by molar-refractivity contribution is 7.10. The summed E-state index contributed by atoms with van der Waals surface area (Å²) in [4.78, 5) is 5.47. The monoisotopic (exact) mass is 154 g/mol. The van der Waals surface area contributed by atoms with Gasteiger partial charge in [-0.05, 0) is 5.92 Å². The van der Waals surface area contributed by atoms with Crippen LogP contribution >= 0.6 is 11.3 Å². The average Bonchev–Trinajstić information content (AvgIpc) is 2.33. The summed E-state index contributed by atoms with van der Waals surface area (Å²) in [5, 5.41) is 0. The molecule has 1 heterocycles. The third kappa shape index (κ3) is 1.38. The Bertz CT molecular complexity index is 209. The van der Waals surface area contributed by atoms with Crippen molar-refractivity contribution in [2.45, 2.75) is 19.8 Å². The number of nitrogens with two attached hydrogens (primary N) is 1. The molecule has 0 radical (unpaired) electrons. The maximum Gasteiger partial charge on any atom is 0.258 e. The van der Waals surface area contributed by atoms with Gasteiger partial charge in [0.2, 0.25) is 0 Å². The highest BCUT2D eigenvalue weighted by Crippen LogP contribution is 2.15. The summed E-state index contributed by atoms with van der Waals surface area (Å²) in [6.07, 6.45) is 0. The standard InChI is InChI=1S/C6H11BN2S/c1-4(2)5-6(7-8)9-3-10-5/h3-4,7H,8H2,1-2H3. The van der Waals surface area contributed by atoms with E-state index in [4.69, 9.17) is 5.64 Å². The molecule has 0 atom stereocenters. The van der Waals surface area contributed by atoms with Gasteiger partial charge in [-0.3, -0.25) is 4.98 Å². The maximum absolute atomic E-state index is 5.48. The van der Waals surface area contributed by atoms with Crippen LogP contribution < -0.4 is 11.2 Å². The van der Waals surface area contributed by atoms with E-state index in [1.54, 1.807) is 11.3 Å². The zero-order chi connectivity index (χ0) is 7.56. The van der Waals surface area contributed by atoms with Crippen LogP contribution in [-0.4, -0.2) is 12.4 Å². The fourth-order valence-corrected chi connectivity index (χ4v) is 1.74. The van der Waals surface area contributed by atoms with Gasteiger partial charge in [0.25, 0.3) is 7.41 Å². The van der Waals surface area contributed by atoms with E-state index in [0.717, 1.165) is 5.59 Å². The average molecular weight is 154 g/mol. The van der Waals surface area contributed by atoms with Crippen molar-refractivity contribution in [2.75, 3.05) is 0 Å². The Hall–Kier alpha value is -0.345. The van der Waals surface area contributed by atoms with E-state index in [2.05, 4.69) is 18.8 Å². The molecule has 0 saturated heterocycles. The molecular weight excluding hydrogens is 143 g/mol. The highest BCUT2D eigenvalue weighted by atomic mass is 32.1. The Labute approximate surface area is 65.7 Å². The van der Waals surface area contributed by atoms with Gasteiger partial charge >= 0.3 is 0 Å². The van der Waals surface area contributed by atoms with Crippen molar-refractivity contribution in [1.82, 2.24) is 4.98 Å². The number of hydrogen-bond acceptors (Lipinski definition) is 3. The van der Waals surface area contributed by atoms with Crippen molar-refractivity contribution in [3.8, 4) is 0 Å². The molecule has 0 spiro atoms. The number of thiazole rings is 1. The summed E-state index contributed by atoms with van der Waals surface area (Å²) >= 11 is 1.69. The van der Waals surface area contributed by atoms with E-state index < -0.39 is 0 Å². The van der Waals surface area contributed by atoms with E-state index >= 15 is 0 Å². The van der Waals surface area contributed by atoms with Gasteiger partial charge in [-0.2, -0.15) is 0 Å². The van der Waals surface area contributed by atoms with Gasteiger partial charge in [0.1, 0.15) is 0 Å². The minimum absolute atomic E-state index is 0.561. The van der Waals surface area contributed by atoms with Gasteiger partial charge in [0.15, 0.2) is 0 Å². The summed E-state index contributed by atoms with van der Waals surface area (Å²) in [7, 11) is 0.566. The first-order valence-corrected chi connectivity index (χ1v) is 4.26. The van der Waals surface area contributed by atoms with Gasteiger partial charge in [0, 0.05) is 10.5 Å². The van der Waals surface area contributed by atoms with Crippen molar-refractivity contribution in [2.24, 2.45) is 5.64 Å². The zero-order valence-corrected chi connectivity index (χ0v) is 7.11. The first-order chi connectivity index (χ1) is 4.75. The van der Waals surface area contributed by atoms with Crippen molar-refractivity contribution < 1.29 is 0 Å². The minimum atomic E-state index is 0.561. The van der Waals surface area contributed by atoms with Crippen LogP contribution in [0.5, 0.6) is 0 Å². The maximum atomic E-state index is 5.48. The molecule has 0 aliphatic rings. The SMILES string of the molecule is CC(C)c1scnc1BN. The van der Waals surface area contributed by atoms with Crippen LogP contribution in [0.1, 0.15) is 24.6 Å². The predicted molar refractivity (Wildman–Crippen MR) is 47.2 cm³/mol. The van der Waals surface area contributed by atoms with Crippen molar-refractivity contribution in [3.63, 3.8) is 0 Å². The normalized spacial score (nSPS) is 10.4. The van der Waals surface area contributed by atoms with Crippen LogP contribution in [0.3, 0.4) is 0 Å². The zero-order valence-electron chi connectivity index (χ0n) is 6.29. The second kappa shape index (κ2) is 3.17. The first kappa shape index (κ1) is 7.76. The largest absolute Gasteiger partial charge is 0.367 e. The Morgan fingerprint density at radius 1 is 1.70 bits per heavy atom. The Morgan fingerprint density at radius 2 is 2.40 bits per heavy atom. The molecule has 0 saturated carbocycles. The molecule has 0 aromatic carbocycles. The molecule has 0 aliphatic heterocycles. The molecule has 4 heteroatoms. The summed E-state index contributed by atoms with van der Waals surface area (Å²) in [6, 6.07) is 0. The van der Waals surface area contributed by atoms with Crippen LogP contribution in [-0.2, 0) is 0 Å². The third-order valence-corrected chi connectivity index (χ3v) is 2.56. The summed E-state index contributed by atoms with van der Waals surface area (Å²) in [5.74, 6) is 0.561. The molecule has 2 nitrogen and oxygen atoms in total. The first-order valence-electron chi connectivity index (χ1n) is 3.38. The van der Waals surface area contributed by atoms with Gasteiger partial charge in [-0.25, -0.2) is 0 Å². The Morgan fingerprint density at radius 3 is 2.80 bits per heavy atom. The lowest BCUT2D eigenvalue weighted by Gasteiger charge is -2.00. The summed E-state index contributed by atoms with van der Waals surface area (Å²) < 4.78 is 0. The Balaban J connectivity index is 2.90. The molecule has 1 aromatic rings. The molecule has 2 N–H and O–H groups in total. The van der Waals surface area contributed by atoms with Crippen molar-refractivity contribution >= 4 is 24.3 Å². The molecule has 0 unspecified atom stereocenters. The van der Waals surface area contributed by atoms with Gasteiger partial charge in [0.05, 0.1) is 5.51 Å². The number of rotatable bonds is 2.